The number of hydrogen-bond acceptors (Lipinski definition) is 7. The number of ether oxygens (including phenoxy) is 1. The van der Waals surface area contributed by atoms with E-state index in [9.17, 15) is 19.8 Å². The first-order chi connectivity index (χ1) is 13.8. The minimum atomic E-state index is -0.980. The van der Waals surface area contributed by atoms with E-state index in [-0.39, 0.29) is 36.8 Å². The highest BCUT2D eigenvalue weighted by atomic mass is 35.5. The van der Waals surface area contributed by atoms with Crippen LogP contribution in [0.3, 0.4) is 0 Å². The average Bonchev–Trinajstić information content (AvgIpc) is 3.03. The second-order valence-corrected chi connectivity index (χ2v) is 7.12. The molecule has 0 amide bonds. The number of anilines is 1. The molecular weight excluding hydrogens is 402 g/mol. The summed E-state index contributed by atoms with van der Waals surface area (Å²) in [5.41, 5.74) is -0.921. The Labute approximate surface area is 170 Å². The lowest BCUT2D eigenvalue weighted by molar-refractivity contribution is 0.0938. The van der Waals surface area contributed by atoms with E-state index < -0.39 is 23.5 Å². The van der Waals surface area contributed by atoms with Crippen LogP contribution in [0.4, 0.5) is 5.95 Å². The second kappa shape index (κ2) is 8.68. The Hall–Kier alpha value is -2.82. The minimum absolute atomic E-state index is 0.0203. The van der Waals surface area contributed by atoms with Gasteiger partial charge in [0.05, 0.1) is 12.6 Å². The van der Waals surface area contributed by atoms with E-state index in [0.717, 1.165) is 0 Å². The molecule has 0 saturated carbocycles. The number of imidazole rings is 1. The average molecular weight is 424 g/mol. The van der Waals surface area contributed by atoms with Crippen LogP contribution < -0.4 is 21.3 Å². The number of aryl methyl sites for hydroxylation is 1. The van der Waals surface area contributed by atoms with Gasteiger partial charge in [-0.15, -0.1) is 0 Å². The number of nitrogens with zero attached hydrogens (tertiary/aromatic N) is 3. The largest absolute Gasteiger partial charge is 0.491 e. The third-order valence-electron chi connectivity index (χ3n) is 4.21. The Morgan fingerprint density at radius 3 is 2.62 bits per heavy atom. The molecule has 11 heteroatoms. The fourth-order valence-corrected chi connectivity index (χ4v) is 2.90. The van der Waals surface area contributed by atoms with E-state index in [0.29, 0.717) is 10.8 Å². The van der Waals surface area contributed by atoms with E-state index in [1.54, 1.807) is 31.2 Å². The van der Waals surface area contributed by atoms with Crippen LogP contribution in [0, 0.1) is 0 Å². The number of hydrogen-bond donors (Lipinski definition) is 4. The number of benzene rings is 1. The van der Waals surface area contributed by atoms with E-state index >= 15 is 0 Å². The van der Waals surface area contributed by atoms with Gasteiger partial charge in [0.2, 0.25) is 5.95 Å². The molecule has 3 rings (SSSR count). The van der Waals surface area contributed by atoms with E-state index in [2.05, 4.69) is 15.3 Å². The normalized spacial score (nSPS) is 13.4. The molecule has 1 aromatic carbocycles. The molecule has 0 bridgehead atoms. The molecule has 0 aliphatic heterocycles. The number of nitrogens with one attached hydrogen (secondary N) is 2. The van der Waals surface area contributed by atoms with Gasteiger partial charge >= 0.3 is 5.69 Å². The van der Waals surface area contributed by atoms with Crippen molar-refractivity contribution in [3.63, 3.8) is 0 Å². The first-order valence-corrected chi connectivity index (χ1v) is 9.32. The summed E-state index contributed by atoms with van der Waals surface area (Å²) in [7, 11) is 1.48. The molecule has 0 radical (unpaired) electrons. The van der Waals surface area contributed by atoms with Gasteiger partial charge in [0.1, 0.15) is 18.5 Å². The molecule has 156 valence electrons. The van der Waals surface area contributed by atoms with Crippen molar-refractivity contribution in [3.8, 4) is 5.75 Å². The van der Waals surface area contributed by atoms with Crippen molar-refractivity contribution >= 4 is 28.7 Å². The first-order valence-electron chi connectivity index (χ1n) is 8.94. The zero-order valence-electron chi connectivity index (χ0n) is 15.9. The summed E-state index contributed by atoms with van der Waals surface area (Å²) in [6.07, 6.45) is -1.64. The van der Waals surface area contributed by atoms with Crippen molar-refractivity contribution in [2.75, 3.05) is 18.5 Å². The van der Waals surface area contributed by atoms with Crippen LogP contribution in [0.1, 0.15) is 6.92 Å². The highest BCUT2D eigenvalue weighted by Gasteiger charge is 2.20. The molecule has 0 spiro atoms. The van der Waals surface area contributed by atoms with E-state index in [4.69, 9.17) is 16.3 Å². The monoisotopic (exact) mass is 423 g/mol. The number of aliphatic hydroxyl groups is 2. The van der Waals surface area contributed by atoms with Crippen molar-refractivity contribution < 1.29 is 14.9 Å². The first kappa shape index (κ1) is 20.9. The molecule has 29 heavy (non-hydrogen) atoms. The highest BCUT2D eigenvalue weighted by Crippen LogP contribution is 2.18. The summed E-state index contributed by atoms with van der Waals surface area (Å²) in [4.78, 5) is 30.8. The lowest BCUT2D eigenvalue weighted by atomic mass is 10.3. The predicted octanol–water partition coefficient (Wildman–Crippen LogP) is 0.309. The van der Waals surface area contributed by atoms with Crippen molar-refractivity contribution in [2.24, 2.45) is 7.05 Å². The van der Waals surface area contributed by atoms with Crippen LogP contribution in [0.25, 0.3) is 11.2 Å². The molecule has 2 atom stereocenters. The number of fused-ring (bicyclic) bond motifs is 1. The van der Waals surface area contributed by atoms with Gasteiger partial charge in [-0.2, -0.15) is 4.98 Å². The van der Waals surface area contributed by atoms with Gasteiger partial charge in [-0.25, -0.2) is 4.79 Å². The maximum Gasteiger partial charge on any atom is 0.329 e. The number of aliphatic hydroxyl groups excluding tert-OH is 2. The predicted molar refractivity (Wildman–Crippen MR) is 109 cm³/mol. The Balaban J connectivity index is 1.88. The van der Waals surface area contributed by atoms with Crippen LogP contribution in [0.15, 0.2) is 33.9 Å². The van der Waals surface area contributed by atoms with E-state index in [1.165, 1.54) is 16.2 Å². The van der Waals surface area contributed by atoms with Gasteiger partial charge < -0.3 is 24.8 Å². The Morgan fingerprint density at radius 2 is 1.97 bits per heavy atom. The fraction of sp³-hybridized carbons (Fsp3) is 0.389. The Morgan fingerprint density at radius 1 is 1.28 bits per heavy atom. The summed E-state index contributed by atoms with van der Waals surface area (Å²) in [6.45, 7) is 1.71. The number of halogens is 1. The summed E-state index contributed by atoms with van der Waals surface area (Å²) in [5, 5.41) is 23.5. The maximum absolute atomic E-state index is 12.4. The van der Waals surface area contributed by atoms with Crippen molar-refractivity contribution in [3.05, 3.63) is 50.1 Å². The molecule has 3 aromatic rings. The van der Waals surface area contributed by atoms with Gasteiger partial charge in [0.25, 0.3) is 5.56 Å². The van der Waals surface area contributed by atoms with Crippen LogP contribution in [0.2, 0.25) is 5.02 Å². The van der Waals surface area contributed by atoms with Crippen molar-refractivity contribution in [2.45, 2.75) is 25.7 Å². The molecule has 4 N–H and O–H groups in total. The summed E-state index contributed by atoms with van der Waals surface area (Å²) in [5.74, 6) is 0.787. The lowest BCUT2D eigenvalue weighted by Gasteiger charge is -2.16. The molecule has 2 heterocycles. The minimum Gasteiger partial charge on any atom is -0.491 e. The number of aromatic amines is 1. The van der Waals surface area contributed by atoms with Crippen molar-refractivity contribution in [1.29, 1.82) is 0 Å². The third kappa shape index (κ3) is 4.78. The zero-order valence-corrected chi connectivity index (χ0v) is 16.7. The molecule has 0 aliphatic rings. The standard InChI is InChI=1S/C18H22ClN5O5/c1-10(25)7-20-17-21-15-14(16(27)22-18(28)23(15)2)24(17)8-12(26)9-29-13-5-3-11(19)4-6-13/h3-6,10,12,25-26H,7-9H2,1-2H3,(H,20,21)(H,22,27,28)/t10-,12-/m0/s1. The number of rotatable bonds is 8. The summed E-state index contributed by atoms with van der Waals surface area (Å²) < 4.78 is 8.22. The van der Waals surface area contributed by atoms with Gasteiger partial charge in [0, 0.05) is 18.6 Å². The van der Waals surface area contributed by atoms with Gasteiger partial charge in [0.15, 0.2) is 11.2 Å². The van der Waals surface area contributed by atoms with Crippen LogP contribution in [-0.4, -0.2) is 54.7 Å². The third-order valence-corrected chi connectivity index (χ3v) is 4.46. The number of aromatic nitrogens is 4. The molecule has 0 aliphatic carbocycles. The van der Waals surface area contributed by atoms with Gasteiger partial charge in [-0.05, 0) is 31.2 Å². The molecule has 0 saturated heterocycles. The molecule has 10 nitrogen and oxygen atoms in total. The summed E-state index contributed by atoms with van der Waals surface area (Å²) >= 11 is 5.84. The molecule has 2 aromatic heterocycles. The molecule has 0 fully saturated rings. The highest BCUT2D eigenvalue weighted by molar-refractivity contribution is 6.30. The maximum atomic E-state index is 12.4. The molecule has 0 unspecified atom stereocenters. The van der Waals surface area contributed by atoms with Crippen LogP contribution in [0.5, 0.6) is 5.75 Å². The SMILES string of the molecule is C[C@H](O)CNc1nc2c(c(=O)[nH]c(=O)n2C)n1C[C@H](O)COc1ccc(Cl)cc1. The van der Waals surface area contributed by atoms with E-state index in [1.807, 2.05) is 0 Å². The zero-order chi connectivity index (χ0) is 21.1. The van der Waals surface area contributed by atoms with Gasteiger partial charge in [-0.3, -0.25) is 14.3 Å². The second-order valence-electron chi connectivity index (χ2n) is 6.69. The Bertz CT molecular complexity index is 1100. The number of H-pyrrole nitrogens is 1. The van der Waals surface area contributed by atoms with Crippen LogP contribution >= 0.6 is 11.6 Å². The lowest BCUT2D eigenvalue weighted by Crippen LogP contribution is -2.31. The topological polar surface area (TPSA) is 134 Å². The van der Waals surface area contributed by atoms with Gasteiger partial charge in [-0.1, -0.05) is 11.6 Å². The fourth-order valence-electron chi connectivity index (χ4n) is 2.77. The summed E-state index contributed by atoms with van der Waals surface area (Å²) in [6, 6.07) is 6.70. The smallest absolute Gasteiger partial charge is 0.329 e. The Kier molecular flexibility index (Phi) is 6.26. The quantitative estimate of drug-likeness (QED) is 0.409. The van der Waals surface area contributed by atoms with Crippen LogP contribution in [-0.2, 0) is 13.6 Å². The van der Waals surface area contributed by atoms with Crippen molar-refractivity contribution in [1.82, 2.24) is 19.1 Å². The molecular formula is C18H22ClN5O5.